The molecule has 0 bridgehead atoms. The fourth-order valence-electron chi connectivity index (χ4n) is 1.27. The summed E-state index contributed by atoms with van der Waals surface area (Å²) in [5, 5.41) is 20.1. The molecule has 15 heavy (non-hydrogen) atoms. The van der Waals surface area contributed by atoms with Gasteiger partial charge in [0, 0.05) is 12.2 Å². The van der Waals surface area contributed by atoms with E-state index in [0.717, 1.165) is 0 Å². The molecule has 1 aromatic carbocycles. The van der Waals surface area contributed by atoms with Gasteiger partial charge >= 0.3 is 6.09 Å². The molecule has 0 fully saturated rings. The smallest absolute Gasteiger partial charge is 0.411 e. The normalized spacial score (nSPS) is 10.5. The first kappa shape index (κ1) is 11.0. The molecule has 0 heterocycles. The van der Waals surface area contributed by atoms with Crippen LogP contribution in [0.4, 0.5) is 10.5 Å². The maximum absolute atomic E-state index is 10.8. The average Bonchev–Trinajstić information content (AvgIpc) is 2.19. The number of nitrogens with zero attached hydrogens (tertiary/aromatic N) is 2. The zero-order chi connectivity index (χ0) is 11.3. The zero-order valence-corrected chi connectivity index (χ0v) is 8.29. The Morgan fingerprint density at radius 1 is 1.60 bits per heavy atom. The fraction of sp³-hybridized carbons (Fsp3) is 0.200. The highest BCUT2D eigenvalue weighted by atomic mass is 16.4. The monoisotopic (exact) mass is 208 g/mol. The van der Waals surface area contributed by atoms with Gasteiger partial charge in [-0.2, -0.15) is 0 Å². The van der Waals surface area contributed by atoms with Crippen LogP contribution in [0.3, 0.4) is 0 Å². The Morgan fingerprint density at radius 2 is 2.33 bits per heavy atom. The van der Waals surface area contributed by atoms with E-state index in [4.69, 9.17) is 10.3 Å². The van der Waals surface area contributed by atoms with Gasteiger partial charge in [-0.25, -0.2) is 4.79 Å². The van der Waals surface area contributed by atoms with Crippen LogP contribution in [-0.2, 0) is 0 Å². The van der Waals surface area contributed by atoms with E-state index in [9.17, 15) is 4.79 Å². The van der Waals surface area contributed by atoms with Crippen molar-refractivity contribution in [3.63, 3.8) is 0 Å². The molecule has 0 aliphatic carbocycles. The highest BCUT2D eigenvalue weighted by molar-refractivity contribution is 5.88. The van der Waals surface area contributed by atoms with Gasteiger partial charge in [0.15, 0.2) is 0 Å². The van der Waals surface area contributed by atoms with Crippen LogP contribution in [0.15, 0.2) is 29.4 Å². The summed E-state index contributed by atoms with van der Waals surface area (Å²) in [6.45, 7) is 2.12. The Bertz CT molecular complexity index is 377. The summed E-state index contributed by atoms with van der Waals surface area (Å²) in [5.74, 6) is 0. The molecule has 1 rings (SSSR count). The molecule has 1 amide bonds. The number of amides is 1. The number of hydrogen-bond donors (Lipinski definition) is 2. The lowest BCUT2D eigenvalue weighted by atomic mass is 10.2. The maximum Gasteiger partial charge on any atom is 0.411 e. The third-order valence-electron chi connectivity index (χ3n) is 1.94. The van der Waals surface area contributed by atoms with Crippen LogP contribution in [0.2, 0.25) is 0 Å². The van der Waals surface area contributed by atoms with Crippen LogP contribution in [-0.4, -0.2) is 29.2 Å². The summed E-state index contributed by atoms with van der Waals surface area (Å²) in [5.41, 5.74) is 1.21. The lowest BCUT2D eigenvalue weighted by Gasteiger charge is -2.16. The topological polar surface area (TPSA) is 73.1 Å². The summed E-state index contributed by atoms with van der Waals surface area (Å²) in [7, 11) is 0. The molecule has 0 saturated carbocycles. The molecule has 0 atom stereocenters. The minimum absolute atomic E-state index is 0.370. The van der Waals surface area contributed by atoms with Crippen molar-refractivity contribution in [3.05, 3.63) is 29.8 Å². The molecule has 0 unspecified atom stereocenters. The lowest BCUT2D eigenvalue weighted by Crippen LogP contribution is -2.28. The van der Waals surface area contributed by atoms with Gasteiger partial charge in [0.2, 0.25) is 0 Å². The summed E-state index contributed by atoms with van der Waals surface area (Å²) in [6.07, 6.45) is 0.245. The van der Waals surface area contributed by atoms with Crippen molar-refractivity contribution in [2.75, 3.05) is 11.4 Å². The molecule has 0 aliphatic heterocycles. The average molecular weight is 208 g/mol. The molecule has 0 aromatic heterocycles. The van der Waals surface area contributed by atoms with Gasteiger partial charge in [-0.15, -0.1) is 0 Å². The molecule has 2 N–H and O–H groups in total. The van der Waals surface area contributed by atoms with Crippen molar-refractivity contribution in [1.82, 2.24) is 0 Å². The molecule has 1 aromatic rings. The molecule has 5 heteroatoms. The van der Waals surface area contributed by atoms with Gasteiger partial charge in [-0.3, -0.25) is 4.90 Å². The van der Waals surface area contributed by atoms with Crippen LogP contribution in [0.25, 0.3) is 0 Å². The molecular formula is C10H12N2O3. The Kier molecular flexibility index (Phi) is 3.68. The zero-order valence-electron chi connectivity index (χ0n) is 8.29. The fourth-order valence-corrected chi connectivity index (χ4v) is 1.27. The summed E-state index contributed by atoms with van der Waals surface area (Å²) in [4.78, 5) is 12.0. The third-order valence-corrected chi connectivity index (χ3v) is 1.94. The SMILES string of the molecule is CCN(C(=O)O)c1cccc(/C=N\O)c1. The number of carbonyl (C=O) groups is 1. The Labute approximate surface area is 87.3 Å². The van der Waals surface area contributed by atoms with Crippen LogP contribution >= 0.6 is 0 Å². The van der Waals surface area contributed by atoms with E-state index in [0.29, 0.717) is 17.8 Å². The van der Waals surface area contributed by atoms with Crippen LogP contribution < -0.4 is 4.90 Å². The first-order valence-electron chi connectivity index (χ1n) is 4.47. The molecule has 0 saturated heterocycles. The number of anilines is 1. The molecule has 80 valence electrons. The second-order valence-electron chi connectivity index (χ2n) is 2.87. The first-order valence-corrected chi connectivity index (χ1v) is 4.47. The van der Waals surface area contributed by atoms with Crippen molar-refractivity contribution < 1.29 is 15.1 Å². The predicted octanol–water partition coefficient (Wildman–Crippen LogP) is 2.00. The standard InChI is InChI=1S/C10H12N2O3/c1-2-12(10(13)14)9-5-3-4-8(6-9)7-11-15/h3-7,15H,2H2,1H3,(H,13,14)/b11-7-. The summed E-state index contributed by atoms with van der Waals surface area (Å²) >= 11 is 0. The first-order chi connectivity index (χ1) is 7.19. The van der Waals surface area contributed by atoms with Gasteiger partial charge in [0.25, 0.3) is 0 Å². The van der Waals surface area contributed by atoms with Crippen molar-refractivity contribution in [3.8, 4) is 0 Å². The van der Waals surface area contributed by atoms with E-state index in [1.165, 1.54) is 11.1 Å². The molecular weight excluding hydrogens is 196 g/mol. The predicted molar refractivity (Wildman–Crippen MR) is 56.9 cm³/mol. The summed E-state index contributed by atoms with van der Waals surface area (Å²) in [6, 6.07) is 6.75. The highest BCUT2D eigenvalue weighted by Crippen LogP contribution is 2.15. The Morgan fingerprint density at radius 3 is 2.87 bits per heavy atom. The van der Waals surface area contributed by atoms with E-state index in [2.05, 4.69) is 5.16 Å². The number of rotatable bonds is 3. The van der Waals surface area contributed by atoms with Crippen molar-refractivity contribution in [2.24, 2.45) is 5.16 Å². The van der Waals surface area contributed by atoms with Crippen LogP contribution in [0.5, 0.6) is 0 Å². The number of hydrogen-bond acceptors (Lipinski definition) is 3. The summed E-state index contributed by atoms with van der Waals surface area (Å²) < 4.78 is 0. The van der Waals surface area contributed by atoms with Crippen LogP contribution in [0.1, 0.15) is 12.5 Å². The second-order valence-corrected chi connectivity index (χ2v) is 2.87. The van der Waals surface area contributed by atoms with Gasteiger partial charge in [-0.1, -0.05) is 17.3 Å². The molecule has 0 radical (unpaired) electrons. The van der Waals surface area contributed by atoms with Crippen molar-refractivity contribution in [1.29, 1.82) is 0 Å². The highest BCUT2D eigenvalue weighted by Gasteiger charge is 2.11. The second kappa shape index (κ2) is 4.99. The van der Waals surface area contributed by atoms with Gasteiger partial charge in [0.05, 0.1) is 6.21 Å². The van der Waals surface area contributed by atoms with E-state index >= 15 is 0 Å². The lowest BCUT2D eigenvalue weighted by molar-refractivity contribution is 0.202. The van der Waals surface area contributed by atoms with Gasteiger partial charge in [-0.05, 0) is 24.6 Å². The Balaban J connectivity index is 3.02. The van der Waals surface area contributed by atoms with Gasteiger partial charge in [0.1, 0.15) is 0 Å². The molecule has 5 nitrogen and oxygen atoms in total. The molecule has 0 spiro atoms. The Hall–Kier alpha value is -2.04. The number of oxime groups is 1. The largest absolute Gasteiger partial charge is 0.465 e. The van der Waals surface area contributed by atoms with Gasteiger partial charge < -0.3 is 10.3 Å². The van der Waals surface area contributed by atoms with Crippen LogP contribution in [0, 0.1) is 0 Å². The van der Waals surface area contributed by atoms with Crippen molar-refractivity contribution >= 4 is 18.0 Å². The number of benzene rings is 1. The van der Waals surface area contributed by atoms with Crippen molar-refractivity contribution in [2.45, 2.75) is 6.92 Å². The minimum atomic E-state index is -1.00. The third kappa shape index (κ3) is 2.70. The van der Waals surface area contributed by atoms with E-state index in [1.54, 1.807) is 31.2 Å². The minimum Gasteiger partial charge on any atom is -0.465 e. The number of carboxylic acid groups (broad SMARTS) is 1. The van der Waals surface area contributed by atoms with E-state index in [1.807, 2.05) is 0 Å². The van der Waals surface area contributed by atoms with E-state index < -0.39 is 6.09 Å². The maximum atomic E-state index is 10.8. The molecule has 0 aliphatic rings. The quantitative estimate of drug-likeness (QED) is 0.453. The van der Waals surface area contributed by atoms with E-state index in [-0.39, 0.29) is 0 Å².